The summed E-state index contributed by atoms with van der Waals surface area (Å²) in [6.07, 6.45) is -1.02. The van der Waals surface area contributed by atoms with Crippen molar-refractivity contribution in [3.05, 3.63) is 39.9 Å². The van der Waals surface area contributed by atoms with Gasteiger partial charge >= 0.3 is 12.1 Å². The normalized spacial score (nSPS) is 18.0. The van der Waals surface area contributed by atoms with Gasteiger partial charge in [-0.2, -0.15) is 0 Å². The van der Waals surface area contributed by atoms with Gasteiger partial charge in [-0.25, -0.2) is 4.79 Å². The summed E-state index contributed by atoms with van der Waals surface area (Å²) in [7, 11) is -2.23. The van der Waals surface area contributed by atoms with Crippen molar-refractivity contribution in [2.24, 2.45) is 5.92 Å². The van der Waals surface area contributed by atoms with E-state index < -0.39 is 49.0 Å². The molecule has 1 N–H and O–H groups in total. The fourth-order valence-corrected chi connectivity index (χ4v) is 6.37. The van der Waals surface area contributed by atoms with E-state index in [1.54, 1.807) is 20.8 Å². The Kier molecular flexibility index (Phi) is 12.4. The summed E-state index contributed by atoms with van der Waals surface area (Å²) in [6.45, 7) is 17.4. The lowest BCUT2D eigenvalue weighted by molar-refractivity contribution is -0.384. The van der Waals surface area contributed by atoms with Crippen LogP contribution < -0.4 is 5.32 Å². The van der Waals surface area contributed by atoms with E-state index in [0.717, 1.165) is 11.8 Å². The number of benzene rings is 1. The number of rotatable bonds is 13. The Morgan fingerprint density at radius 1 is 1.12 bits per heavy atom. The number of β-lactam (4-membered cyclic amide) rings is 1. The van der Waals surface area contributed by atoms with Crippen molar-refractivity contribution in [3.8, 4) is 0 Å². The van der Waals surface area contributed by atoms with Gasteiger partial charge in [-0.3, -0.25) is 24.5 Å². The third-order valence-electron chi connectivity index (χ3n) is 7.43. The standard InChI is InChI=1S/C29H45N3O9SSi/c1-19(41-43(8,9)29(5,6)7)25-22(16-24(34)42-15-14-30-27(36)40-28(2,3)4)31(26(25)35)17-23(33)39-18-20-10-12-21(13-11-20)32(37)38/h10-13,19,22,25H,14-18H2,1-9H3,(H,30,36)/t19-,22-,25-/m1/s1. The molecule has 1 heterocycles. The van der Waals surface area contributed by atoms with Gasteiger partial charge in [0.1, 0.15) is 18.8 Å². The highest BCUT2D eigenvalue weighted by Crippen LogP contribution is 2.41. The minimum Gasteiger partial charge on any atom is -0.459 e. The van der Waals surface area contributed by atoms with Crippen molar-refractivity contribution in [1.82, 2.24) is 10.2 Å². The molecule has 0 radical (unpaired) electrons. The Morgan fingerprint density at radius 3 is 2.26 bits per heavy atom. The van der Waals surface area contributed by atoms with Crippen molar-refractivity contribution in [2.75, 3.05) is 18.8 Å². The first-order chi connectivity index (χ1) is 19.7. The van der Waals surface area contributed by atoms with Crippen LogP contribution in [-0.4, -0.2) is 77.8 Å². The van der Waals surface area contributed by atoms with Crippen LogP contribution in [-0.2, 0) is 34.9 Å². The van der Waals surface area contributed by atoms with Gasteiger partial charge in [-0.15, -0.1) is 0 Å². The molecule has 0 bridgehead atoms. The number of nitro groups is 1. The average molecular weight is 640 g/mol. The maximum atomic E-state index is 13.3. The summed E-state index contributed by atoms with van der Waals surface area (Å²) < 4.78 is 17.0. The number of nitrogens with zero attached hydrogens (tertiary/aromatic N) is 2. The van der Waals surface area contributed by atoms with Crippen LogP contribution in [0.25, 0.3) is 0 Å². The molecule has 1 aliphatic heterocycles. The predicted molar refractivity (Wildman–Crippen MR) is 166 cm³/mol. The third-order valence-corrected chi connectivity index (χ3v) is 12.9. The van der Waals surface area contributed by atoms with Crippen molar-refractivity contribution in [1.29, 1.82) is 0 Å². The first-order valence-electron chi connectivity index (χ1n) is 14.2. The van der Waals surface area contributed by atoms with Gasteiger partial charge in [-0.05, 0) is 63.5 Å². The van der Waals surface area contributed by atoms with E-state index in [1.807, 2.05) is 6.92 Å². The summed E-state index contributed by atoms with van der Waals surface area (Å²) in [4.78, 5) is 62.5. The molecule has 43 heavy (non-hydrogen) atoms. The maximum Gasteiger partial charge on any atom is 0.407 e. The first kappa shape index (κ1) is 36.2. The van der Waals surface area contributed by atoms with Gasteiger partial charge in [0.25, 0.3) is 5.69 Å². The largest absolute Gasteiger partial charge is 0.459 e. The van der Waals surface area contributed by atoms with Crippen LogP contribution >= 0.6 is 11.8 Å². The molecule has 1 saturated heterocycles. The van der Waals surface area contributed by atoms with Crippen LogP contribution in [0.1, 0.15) is 60.5 Å². The predicted octanol–water partition coefficient (Wildman–Crippen LogP) is 5.05. The summed E-state index contributed by atoms with van der Waals surface area (Å²) >= 11 is 1.03. The number of hydrogen-bond donors (Lipinski definition) is 1. The highest BCUT2D eigenvalue weighted by atomic mass is 32.2. The van der Waals surface area contributed by atoms with E-state index in [2.05, 4.69) is 39.2 Å². The molecule has 1 aromatic rings. The SMILES string of the molecule is C[C@@H](O[Si](C)(C)C(C)(C)C)[C@H]1C(=O)N(CC(=O)OCc2ccc([N+](=O)[O-])cc2)[C@@H]1CC(=O)SCCNC(=O)OC(C)(C)C. The summed E-state index contributed by atoms with van der Waals surface area (Å²) in [5.41, 5.74) is -0.146. The van der Waals surface area contributed by atoms with Gasteiger partial charge in [-0.1, -0.05) is 32.5 Å². The molecule has 1 aromatic carbocycles. The zero-order valence-corrected chi connectivity index (χ0v) is 28.4. The summed E-state index contributed by atoms with van der Waals surface area (Å²) in [5, 5.41) is 13.2. The second-order valence-electron chi connectivity index (χ2n) is 13.1. The number of ether oxygens (including phenoxy) is 2. The van der Waals surface area contributed by atoms with Gasteiger partial charge in [0, 0.05) is 30.9 Å². The summed E-state index contributed by atoms with van der Waals surface area (Å²) in [5.74, 6) is -1.22. The second-order valence-corrected chi connectivity index (χ2v) is 19.0. The van der Waals surface area contributed by atoms with Crippen molar-refractivity contribution < 1.29 is 38.0 Å². The lowest BCUT2D eigenvalue weighted by Crippen LogP contribution is -2.67. The van der Waals surface area contributed by atoms with Crippen molar-refractivity contribution >= 4 is 48.9 Å². The third kappa shape index (κ3) is 10.9. The number of hydrogen-bond acceptors (Lipinski definition) is 10. The molecular weight excluding hydrogens is 594 g/mol. The molecular formula is C29H45N3O9SSi. The highest BCUT2D eigenvalue weighted by molar-refractivity contribution is 8.13. The molecule has 12 nitrogen and oxygen atoms in total. The lowest BCUT2D eigenvalue weighted by atomic mass is 9.81. The molecule has 2 amide bonds. The molecule has 1 fully saturated rings. The topological polar surface area (TPSA) is 154 Å². The molecule has 0 aromatic heterocycles. The number of alkyl carbamates (subject to hydrolysis) is 1. The number of nitrogens with one attached hydrogen (secondary N) is 1. The summed E-state index contributed by atoms with van der Waals surface area (Å²) in [6, 6.07) is 5.06. The van der Waals surface area contributed by atoms with Crippen LogP contribution in [0.4, 0.5) is 10.5 Å². The Bertz CT molecular complexity index is 1180. The quantitative estimate of drug-likeness (QED) is 0.0774. The number of thioether (sulfide) groups is 1. The van der Waals surface area contributed by atoms with Crippen LogP contribution in [0.5, 0.6) is 0 Å². The lowest BCUT2D eigenvalue weighted by Gasteiger charge is -2.50. The van der Waals surface area contributed by atoms with Crippen molar-refractivity contribution in [3.63, 3.8) is 0 Å². The van der Waals surface area contributed by atoms with Gasteiger partial charge < -0.3 is 24.1 Å². The number of amides is 2. The van der Waals surface area contributed by atoms with E-state index in [4.69, 9.17) is 13.9 Å². The molecule has 240 valence electrons. The minimum atomic E-state index is -2.23. The van der Waals surface area contributed by atoms with E-state index in [1.165, 1.54) is 29.2 Å². The Balaban J connectivity index is 2.04. The average Bonchev–Trinajstić information content (AvgIpc) is 2.86. The number of non-ortho nitro benzene ring substituents is 1. The highest BCUT2D eigenvalue weighted by Gasteiger charge is 2.53. The van der Waals surface area contributed by atoms with Gasteiger partial charge in [0.05, 0.1) is 23.0 Å². The van der Waals surface area contributed by atoms with Crippen molar-refractivity contribution in [2.45, 2.75) is 97.4 Å². The van der Waals surface area contributed by atoms with Gasteiger partial charge in [0.2, 0.25) is 5.91 Å². The van der Waals surface area contributed by atoms with Crippen LogP contribution in [0.2, 0.25) is 18.1 Å². The zero-order chi connectivity index (χ0) is 32.8. The molecule has 2 rings (SSSR count). The molecule has 1 aliphatic rings. The van der Waals surface area contributed by atoms with Gasteiger partial charge in [0.15, 0.2) is 13.4 Å². The Hall–Kier alpha value is -2.97. The van der Waals surface area contributed by atoms with E-state index in [-0.39, 0.29) is 47.9 Å². The van der Waals surface area contributed by atoms with Crippen LogP contribution in [0.15, 0.2) is 24.3 Å². The first-order valence-corrected chi connectivity index (χ1v) is 18.1. The molecule has 3 atom stereocenters. The smallest absolute Gasteiger partial charge is 0.407 e. The Labute approximate surface area is 258 Å². The number of carbonyl (C=O) groups is 4. The number of carbonyl (C=O) groups excluding carboxylic acids is 4. The molecule has 0 unspecified atom stereocenters. The fraction of sp³-hybridized carbons (Fsp3) is 0.655. The minimum absolute atomic E-state index is 0.00828. The molecule has 14 heteroatoms. The fourth-order valence-electron chi connectivity index (χ4n) is 4.22. The molecule has 0 aliphatic carbocycles. The number of esters is 1. The zero-order valence-electron chi connectivity index (χ0n) is 26.6. The van der Waals surface area contributed by atoms with E-state index in [0.29, 0.717) is 11.3 Å². The van der Waals surface area contributed by atoms with E-state index in [9.17, 15) is 29.3 Å². The molecule has 0 spiro atoms. The molecule has 0 saturated carbocycles. The van der Waals surface area contributed by atoms with Crippen LogP contribution in [0, 0.1) is 16.0 Å². The maximum absolute atomic E-state index is 13.3. The number of nitro benzene ring substituents is 1. The second kappa shape index (κ2) is 14.7. The Morgan fingerprint density at radius 2 is 1.72 bits per heavy atom. The number of likely N-dealkylation sites (tertiary alicyclic amines) is 1. The van der Waals surface area contributed by atoms with Crippen LogP contribution in [0.3, 0.4) is 0 Å². The van der Waals surface area contributed by atoms with E-state index >= 15 is 0 Å². The monoisotopic (exact) mass is 639 g/mol.